The van der Waals surface area contributed by atoms with Gasteiger partial charge in [-0.15, -0.1) is 0 Å². The van der Waals surface area contributed by atoms with Gasteiger partial charge in [0.1, 0.15) is 6.07 Å². The maximum Gasteiger partial charge on any atom is 0.283 e. The molecular formula is C14H9Br2N3O2. The van der Waals surface area contributed by atoms with Crippen molar-refractivity contribution in [2.24, 2.45) is 0 Å². The molecular weight excluding hydrogens is 402 g/mol. The van der Waals surface area contributed by atoms with Gasteiger partial charge < -0.3 is 5.32 Å². The first-order valence-corrected chi connectivity index (χ1v) is 7.46. The fourth-order valence-corrected chi connectivity index (χ4v) is 2.52. The molecule has 0 fully saturated rings. The highest BCUT2D eigenvalue weighted by Crippen LogP contribution is 2.26. The van der Waals surface area contributed by atoms with Crippen LogP contribution < -0.4 is 5.32 Å². The summed E-state index contributed by atoms with van der Waals surface area (Å²) in [5.74, 6) is 0. The highest BCUT2D eigenvalue weighted by atomic mass is 79.9. The lowest BCUT2D eigenvalue weighted by atomic mass is 10.1. The molecule has 0 spiro atoms. The zero-order valence-electron chi connectivity index (χ0n) is 10.6. The van der Waals surface area contributed by atoms with Gasteiger partial charge in [0.25, 0.3) is 5.69 Å². The molecule has 2 aromatic carbocycles. The fraction of sp³-hybridized carbons (Fsp3) is 0.0714. The van der Waals surface area contributed by atoms with Crippen LogP contribution in [0.25, 0.3) is 0 Å². The van der Waals surface area contributed by atoms with E-state index in [1.165, 1.54) is 6.07 Å². The van der Waals surface area contributed by atoms with Crippen LogP contribution in [0.2, 0.25) is 0 Å². The summed E-state index contributed by atoms with van der Waals surface area (Å²) in [5.41, 5.74) is 1.97. The predicted molar refractivity (Wildman–Crippen MR) is 87.0 cm³/mol. The number of nitrogens with zero attached hydrogens (tertiary/aromatic N) is 2. The van der Waals surface area contributed by atoms with Crippen molar-refractivity contribution in [3.05, 3.63) is 66.6 Å². The standard InChI is InChI=1S/C14H9Br2N3O2/c15-11-3-2-10(7-17)13(6-11)18-8-9-1-4-12(16)14(5-9)19(20)21/h1-6,18H,8H2. The minimum Gasteiger partial charge on any atom is -0.380 e. The van der Waals surface area contributed by atoms with Gasteiger partial charge in [0, 0.05) is 17.1 Å². The van der Waals surface area contributed by atoms with Crippen LogP contribution in [0.3, 0.4) is 0 Å². The summed E-state index contributed by atoms with van der Waals surface area (Å²) < 4.78 is 1.29. The molecule has 2 aromatic rings. The number of hydrogen-bond acceptors (Lipinski definition) is 4. The highest BCUT2D eigenvalue weighted by Gasteiger charge is 2.12. The molecule has 0 bridgehead atoms. The van der Waals surface area contributed by atoms with E-state index in [1.807, 2.05) is 0 Å². The Labute approximate surface area is 138 Å². The monoisotopic (exact) mass is 409 g/mol. The Hall–Kier alpha value is -1.91. The summed E-state index contributed by atoms with van der Waals surface area (Å²) in [6.45, 7) is 0.388. The number of nitrogens with one attached hydrogen (secondary N) is 1. The van der Waals surface area contributed by atoms with E-state index in [9.17, 15) is 10.1 Å². The summed E-state index contributed by atoms with van der Waals surface area (Å²) >= 11 is 6.50. The smallest absolute Gasteiger partial charge is 0.283 e. The van der Waals surface area contributed by atoms with Crippen molar-refractivity contribution in [3.8, 4) is 6.07 Å². The quantitative estimate of drug-likeness (QED) is 0.589. The molecule has 0 aromatic heterocycles. The van der Waals surface area contributed by atoms with Gasteiger partial charge in [-0.3, -0.25) is 10.1 Å². The number of anilines is 1. The number of nitro benzene ring substituents is 1. The molecule has 2 rings (SSSR count). The Morgan fingerprint density at radius 2 is 2.00 bits per heavy atom. The molecule has 21 heavy (non-hydrogen) atoms. The number of nitro groups is 1. The van der Waals surface area contributed by atoms with Crippen LogP contribution in [0.4, 0.5) is 11.4 Å². The third-order valence-electron chi connectivity index (χ3n) is 2.79. The molecule has 0 saturated heterocycles. The van der Waals surface area contributed by atoms with Crippen molar-refractivity contribution in [1.29, 1.82) is 5.26 Å². The summed E-state index contributed by atoms with van der Waals surface area (Å²) in [5, 5.41) is 23.1. The zero-order chi connectivity index (χ0) is 15.4. The molecule has 7 heteroatoms. The van der Waals surface area contributed by atoms with Crippen molar-refractivity contribution in [2.45, 2.75) is 6.54 Å². The Bertz CT molecular complexity index is 741. The van der Waals surface area contributed by atoms with E-state index in [2.05, 4.69) is 43.2 Å². The molecule has 0 radical (unpaired) electrons. The first-order chi connectivity index (χ1) is 10.0. The van der Waals surface area contributed by atoms with E-state index < -0.39 is 4.92 Å². The normalized spacial score (nSPS) is 9.95. The van der Waals surface area contributed by atoms with Crippen LogP contribution in [0.5, 0.6) is 0 Å². The lowest BCUT2D eigenvalue weighted by molar-refractivity contribution is -0.385. The van der Waals surface area contributed by atoms with E-state index in [4.69, 9.17) is 5.26 Å². The molecule has 0 heterocycles. The highest BCUT2D eigenvalue weighted by molar-refractivity contribution is 9.10. The molecule has 0 aliphatic rings. The van der Waals surface area contributed by atoms with Crippen LogP contribution >= 0.6 is 31.9 Å². The van der Waals surface area contributed by atoms with E-state index in [-0.39, 0.29) is 5.69 Å². The van der Waals surface area contributed by atoms with Gasteiger partial charge in [0.15, 0.2) is 0 Å². The van der Waals surface area contributed by atoms with Gasteiger partial charge in [-0.1, -0.05) is 22.0 Å². The third kappa shape index (κ3) is 3.80. The molecule has 0 aliphatic heterocycles. The summed E-state index contributed by atoms with van der Waals surface area (Å²) in [6.07, 6.45) is 0. The summed E-state index contributed by atoms with van der Waals surface area (Å²) in [6, 6.07) is 12.3. The molecule has 0 unspecified atom stereocenters. The lowest BCUT2D eigenvalue weighted by Gasteiger charge is -2.09. The van der Waals surface area contributed by atoms with Gasteiger partial charge in [-0.05, 0) is 45.8 Å². The number of hydrogen-bond donors (Lipinski definition) is 1. The van der Waals surface area contributed by atoms with E-state index in [0.29, 0.717) is 22.3 Å². The zero-order valence-corrected chi connectivity index (χ0v) is 13.8. The Balaban J connectivity index is 2.21. The first-order valence-electron chi connectivity index (χ1n) is 5.87. The number of halogens is 2. The molecule has 0 amide bonds. The van der Waals surface area contributed by atoms with Crippen molar-refractivity contribution < 1.29 is 4.92 Å². The number of benzene rings is 2. The van der Waals surface area contributed by atoms with Crippen LogP contribution in [0, 0.1) is 21.4 Å². The molecule has 106 valence electrons. The maximum atomic E-state index is 10.9. The van der Waals surface area contributed by atoms with Gasteiger partial charge >= 0.3 is 0 Å². The van der Waals surface area contributed by atoms with Crippen LogP contribution in [0.15, 0.2) is 45.3 Å². The average Bonchev–Trinajstić information content (AvgIpc) is 2.46. The Kier molecular flexibility index (Phi) is 4.94. The van der Waals surface area contributed by atoms with Crippen molar-refractivity contribution in [3.63, 3.8) is 0 Å². The predicted octanol–water partition coefficient (Wildman–Crippen LogP) is 4.60. The topological polar surface area (TPSA) is 79.0 Å². The SMILES string of the molecule is N#Cc1ccc(Br)cc1NCc1ccc(Br)c([N+](=O)[O-])c1. The van der Waals surface area contributed by atoms with Gasteiger partial charge in [0.2, 0.25) is 0 Å². The minimum absolute atomic E-state index is 0.0176. The maximum absolute atomic E-state index is 10.9. The molecule has 5 nitrogen and oxygen atoms in total. The Morgan fingerprint density at radius 1 is 1.24 bits per heavy atom. The van der Waals surface area contributed by atoms with Crippen molar-refractivity contribution in [1.82, 2.24) is 0 Å². The summed E-state index contributed by atoms with van der Waals surface area (Å²) in [7, 11) is 0. The third-order valence-corrected chi connectivity index (χ3v) is 3.96. The van der Waals surface area contributed by atoms with E-state index in [1.54, 1.807) is 30.3 Å². The van der Waals surface area contributed by atoms with Crippen LogP contribution in [-0.4, -0.2) is 4.92 Å². The average molecular weight is 411 g/mol. The van der Waals surface area contributed by atoms with Gasteiger partial charge in [-0.2, -0.15) is 5.26 Å². The largest absolute Gasteiger partial charge is 0.380 e. The van der Waals surface area contributed by atoms with Crippen LogP contribution in [-0.2, 0) is 6.54 Å². The second-order valence-electron chi connectivity index (χ2n) is 4.20. The molecule has 0 saturated carbocycles. The Morgan fingerprint density at radius 3 is 2.67 bits per heavy atom. The summed E-state index contributed by atoms with van der Waals surface area (Å²) in [4.78, 5) is 10.5. The first kappa shape index (κ1) is 15.5. The second-order valence-corrected chi connectivity index (χ2v) is 5.97. The molecule has 1 N–H and O–H groups in total. The van der Waals surface area contributed by atoms with Gasteiger partial charge in [-0.25, -0.2) is 0 Å². The lowest BCUT2D eigenvalue weighted by Crippen LogP contribution is -2.02. The molecule has 0 aliphatic carbocycles. The van der Waals surface area contributed by atoms with E-state index in [0.717, 1.165) is 10.0 Å². The number of nitriles is 1. The fourth-order valence-electron chi connectivity index (χ4n) is 1.77. The second kappa shape index (κ2) is 6.70. The van der Waals surface area contributed by atoms with Crippen LogP contribution in [0.1, 0.15) is 11.1 Å². The van der Waals surface area contributed by atoms with Crippen molar-refractivity contribution >= 4 is 43.2 Å². The van der Waals surface area contributed by atoms with E-state index >= 15 is 0 Å². The molecule has 0 atom stereocenters. The van der Waals surface area contributed by atoms with Crippen molar-refractivity contribution in [2.75, 3.05) is 5.32 Å². The minimum atomic E-state index is -0.437. The number of rotatable bonds is 4. The van der Waals surface area contributed by atoms with Gasteiger partial charge in [0.05, 0.1) is 20.6 Å².